The zero-order valence-electron chi connectivity index (χ0n) is 20.6. The smallest absolute Gasteiger partial charge is 0.251 e. The maximum Gasteiger partial charge on any atom is 0.251 e. The number of nitrogens with one attached hydrogen (secondary N) is 1. The molecule has 1 amide bonds. The van der Waals surface area contributed by atoms with Crippen LogP contribution in [0.2, 0.25) is 0 Å². The molecule has 5 heteroatoms. The van der Waals surface area contributed by atoms with Gasteiger partial charge in [-0.3, -0.25) is 4.79 Å². The number of hydrogen-bond acceptors (Lipinski definition) is 3. The first-order valence-electron chi connectivity index (χ1n) is 12.2. The van der Waals surface area contributed by atoms with Crippen LogP contribution in [0.3, 0.4) is 0 Å². The maximum absolute atomic E-state index is 12.6. The van der Waals surface area contributed by atoms with Crippen LogP contribution >= 0.6 is 0 Å². The van der Waals surface area contributed by atoms with Crippen molar-refractivity contribution in [2.75, 3.05) is 13.2 Å². The van der Waals surface area contributed by atoms with Gasteiger partial charge in [0.25, 0.3) is 5.91 Å². The van der Waals surface area contributed by atoms with E-state index >= 15 is 0 Å². The van der Waals surface area contributed by atoms with Crippen LogP contribution in [0.25, 0.3) is 11.0 Å². The van der Waals surface area contributed by atoms with Gasteiger partial charge in [-0.05, 0) is 62.1 Å². The minimum atomic E-state index is -0.0254. The summed E-state index contributed by atoms with van der Waals surface area (Å²) >= 11 is 0. The summed E-state index contributed by atoms with van der Waals surface area (Å²) in [6.07, 6.45) is 4.25. The van der Waals surface area contributed by atoms with Gasteiger partial charge in [0.2, 0.25) is 0 Å². The Labute approximate surface area is 207 Å². The van der Waals surface area contributed by atoms with Crippen LogP contribution in [0.4, 0.5) is 0 Å². The number of allylic oxidation sites excluding steroid dienone is 1. The lowest BCUT2D eigenvalue weighted by atomic mass is 10.1. The molecule has 3 aromatic carbocycles. The molecule has 4 aromatic rings. The van der Waals surface area contributed by atoms with Crippen molar-refractivity contribution in [2.24, 2.45) is 0 Å². The van der Waals surface area contributed by atoms with Gasteiger partial charge in [-0.1, -0.05) is 54.1 Å². The number of carbonyl (C=O) groups excluding carboxylic acids is 1. The van der Waals surface area contributed by atoms with E-state index in [-0.39, 0.29) is 5.91 Å². The van der Waals surface area contributed by atoms with Gasteiger partial charge in [0.05, 0.1) is 17.6 Å². The second kappa shape index (κ2) is 11.5. The summed E-state index contributed by atoms with van der Waals surface area (Å²) < 4.78 is 8.37. The standard InChI is InChI=1S/C30H33N3O2/c1-4-10-24-11-5-8-14-28(24)35-20-19-33-27-13-7-6-12-26(27)32-29(33)15-9-18-31-30(34)25-17-16-22(2)21-23(25)3/h4-8,11-14,16-17,21H,1,9-10,15,18-20H2,2-3H3,(H,31,34). The molecule has 1 aromatic heterocycles. The number of amides is 1. The number of fused-ring (bicyclic) bond motifs is 1. The normalized spacial score (nSPS) is 10.9. The average molecular weight is 468 g/mol. The lowest BCUT2D eigenvalue weighted by molar-refractivity contribution is 0.0952. The predicted molar refractivity (Wildman–Crippen MR) is 142 cm³/mol. The molecule has 0 aliphatic heterocycles. The molecule has 180 valence electrons. The van der Waals surface area contributed by atoms with Gasteiger partial charge in [-0.25, -0.2) is 4.98 Å². The molecule has 0 aliphatic carbocycles. The number of hydrogen-bond donors (Lipinski definition) is 1. The molecule has 1 N–H and O–H groups in total. The van der Waals surface area contributed by atoms with E-state index in [1.165, 1.54) is 0 Å². The van der Waals surface area contributed by atoms with Crippen molar-refractivity contribution in [1.82, 2.24) is 14.9 Å². The molecule has 0 radical (unpaired) electrons. The number of rotatable bonds is 11. The number of ether oxygens (including phenoxy) is 1. The van der Waals surface area contributed by atoms with Crippen molar-refractivity contribution in [3.05, 3.63) is 107 Å². The highest BCUT2D eigenvalue weighted by atomic mass is 16.5. The second-order valence-electron chi connectivity index (χ2n) is 8.80. The topological polar surface area (TPSA) is 56.1 Å². The van der Waals surface area contributed by atoms with Crippen LogP contribution < -0.4 is 10.1 Å². The fourth-order valence-corrected chi connectivity index (χ4v) is 4.39. The zero-order valence-corrected chi connectivity index (χ0v) is 20.6. The highest BCUT2D eigenvalue weighted by molar-refractivity contribution is 5.95. The SMILES string of the molecule is C=CCc1ccccc1OCCn1c(CCCNC(=O)c2ccc(C)cc2C)nc2ccccc21. The third-order valence-electron chi connectivity index (χ3n) is 6.13. The summed E-state index contributed by atoms with van der Waals surface area (Å²) in [6, 6.07) is 22.2. The number of imidazole rings is 1. The molecule has 0 bridgehead atoms. The molecule has 0 unspecified atom stereocenters. The monoisotopic (exact) mass is 467 g/mol. The lowest BCUT2D eigenvalue weighted by Crippen LogP contribution is -2.25. The van der Waals surface area contributed by atoms with Crippen molar-refractivity contribution >= 4 is 16.9 Å². The van der Waals surface area contributed by atoms with Gasteiger partial charge < -0.3 is 14.6 Å². The van der Waals surface area contributed by atoms with Gasteiger partial charge in [0.15, 0.2) is 0 Å². The Kier molecular flexibility index (Phi) is 7.99. The Bertz CT molecular complexity index is 1320. The highest BCUT2D eigenvalue weighted by Gasteiger charge is 2.12. The fourth-order valence-electron chi connectivity index (χ4n) is 4.39. The molecular weight excluding hydrogens is 434 g/mol. The first-order valence-corrected chi connectivity index (χ1v) is 12.2. The van der Waals surface area contributed by atoms with Crippen molar-refractivity contribution in [3.63, 3.8) is 0 Å². The minimum Gasteiger partial charge on any atom is -0.491 e. The largest absolute Gasteiger partial charge is 0.491 e. The summed E-state index contributed by atoms with van der Waals surface area (Å²) in [4.78, 5) is 17.5. The molecule has 0 saturated carbocycles. The predicted octanol–water partition coefficient (Wildman–Crippen LogP) is 5.82. The molecule has 0 saturated heterocycles. The number of nitrogens with zero attached hydrogens (tertiary/aromatic N) is 2. The number of para-hydroxylation sites is 3. The third-order valence-corrected chi connectivity index (χ3v) is 6.13. The fraction of sp³-hybridized carbons (Fsp3) is 0.267. The van der Waals surface area contributed by atoms with E-state index in [2.05, 4.69) is 28.6 Å². The second-order valence-corrected chi connectivity index (χ2v) is 8.80. The first kappa shape index (κ1) is 24.3. The summed E-state index contributed by atoms with van der Waals surface area (Å²) in [7, 11) is 0. The molecule has 5 nitrogen and oxygen atoms in total. The minimum absolute atomic E-state index is 0.0254. The Hall–Kier alpha value is -3.86. The third kappa shape index (κ3) is 5.99. The summed E-state index contributed by atoms with van der Waals surface area (Å²) in [6.45, 7) is 9.69. The van der Waals surface area contributed by atoms with Crippen LogP contribution in [0.5, 0.6) is 5.75 Å². The van der Waals surface area contributed by atoms with Gasteiger partial charge in [0.1, 0.15) is 18.2 Å². The number of aromatic nitrogens is 2. The molecule has 0 fully saturated rings. The van der Waals surface area contributed by atoms with Crippen molar-refractivity contribution < 1.29 is 9.53 Å². The molecular formula is C30H33N3O2. The molecule has 0 aliphatic rings. The van der Waals surface area contributed by atoms with Crippen LogP contribution in [-0.4, -0.2) is 28.6 Å². The van der Waals surface area contributed by atoms with E-state index < -0.39 is 0 Å². The van der Waals surface area contributed by atoms with E-state index in [4.69, 9.17) is 9.72 Å². The maximum atomic E-state index is 12.6. The van der Waals surface area contributed by atoms with Crippen LogP contribution in [0.1, 0.15) is 39.3 Å². The van der Waals surface area contributed by atoms with E-state index in [1.807, 2.05) is 74.5 Å². The Morgan fingerprint density at radius 3 is 2.71 bits per heavy atom. The first-order chi connectivity index (χ1) is 17.1. The van der Waals surface area contributed by atoms with E-state index in [9.17, 15) is 4.79 Å². The van der Waals surface area contributed by atoms with E-state index in [0.717, 1.165) is 64.1 Å². The Balaban J connectivity index is 1.38. The van der Waals surface area contributed by atoms with Crippen molar-refractivity contribution in [1.29, 1.82) is 0 Å². The zero-order chi connectivity index (χ0) is 24.6. The molecule has 1 heterocycles. The van der Waals surface area contributed by atoms with E-state index in [0.29, 0.717) is 19.7 Å². The molecule has 0 spiro atoms. The van der Waals surface area contributed by atoms with E-state index in [1.54, 1.807) is 0 Å². The van der Waals surface area contributed by atoms with Crippen molar-refractivity contribution in [2.45, 2.75) is 39.7 Å². The van der Waals surface area contributed by atoms with Gasteiger partial charge in [0, 0.05) is 18.5 Å². The quantitative estimate of drug-likeness (QED) is 0.223. The summed E-state index contributed by atoms with van der Waals surface area (Å²) in [5.41, 5.74) is 6.11. The molecule has 0 atom stereocenters. The number of carbonyl (C=O) groups is 1. The van der Waals surface area contributed by atoms with Crippen LogP contribution in [-0.2, 0) is 19.4 Å². The highest BCUT2D eigenvalue weighted by Crippen LogP contribution is 2.21. The Morgan fingerprint density at radius 2 is 1.89 bits per heavy atom. The van der Waals surface area contributed by atoms with Gasteiger partial charge >= 0.3 is 0 Å². The van der Waals surface area contributed by atoms with Crippen LogP contribution in [0.15, 0.2) is 79.4 Å². The number of benzene rings is 3. The summed E-state index contributed by atoms with van der Waals surface area (Å²) in [5, 5.41) is 3.06. The Morgan fingerprint density at radius 1 is 1.09 bits per heavy atom. The van der Waals surface area contributed by atoms with Crippen molar-refractivity contribution in [3.8, 4) is 5.75 Å². The molecule has 4 rings (SSSR count). The van der Waals surface area contributed by atoms with Gasteiger partial charge in [-0.2, -0.15) is 0 Å². The number of aryl methyl sites for hydroxylation is 3. The van der Waals surface area contributed by atoms with Gasteiger partial charge in [-0.15, -0.1) is 6.58 Å². The molecule has 35 heavy (non-hydrogen) atoms. The summed E-state index contributed by atoms with van der Waals surface area (Å²) in [5.74, 6) is 1.88. The lowest BCUT2D eigenvalue weighted by Gasteiger charge is -2.13. The van der Waals surface area contributed by atoms with Crippen LogP contribution in [0, 0.1) is 13.8 Å². The average Bonchev–Trinajstić information content (AvgIpc) is 3.20.